The highest BCUT2D eigenvalue weighted by Crippen LogP contribution is 2.32. The van der Waals surface area contributed by atoms with Gasteiger partial charge in [-0.3, -0.25) is 4.79 Å². The number of nitrogens with zero attached hydrogens (tertiary/aromatic N) is 1. The largest absolute Gasteiger partial charge is 0.417 e. The Morgan fingerprint density at radius 3 is 2.39 bits per heavy atom. The fourth-order valence-corrected chi connectivity index (χ4v) is 1.93. The molecule has 0 spiro atoms. The number of anilines is 1. The Labute approximate surface area is 139 Å². The smallest absolute Gasteiger partial charge is 0.306 e. The molecule has 23 heavy (non-hydrogen) atoms. The molecule has 0 aliphatic rings. The first kappa shape index (κ1) is 17.3. The van der Waals surface area contributed by atoms with Gasteiger partial charge in [-0.2, -0.15) is 13.2 Å². The molecular weight excluding hydrogens is 352 g/mol. The number of alkyl halides is 3. The van der Waals surface area contributed by atoms with E-state index in [9.17, 15) is 18.0 Å². The van der Waals surface area contributed by atoms with E-state index in [1.807, 2.05) is 0 Å². The van der Waals surface area contributed by atoms with Gasteiger partial charge in [-0.25, -0.2) is 4.98 Å². The summed E-state index contributed by atoms with van der Waals surface area (Å²) in [5.41, 5.74) is -0.256. The molecule has 0 aliphatic heterocycles. The van der Waals surface area contributed by atoms with Crippen LogP contribution in [0.3, 0.4) is 0 Å². The summed E-state index contributed by atoms with van der Waals surface area (Å²) in [6.45, 7) is 0. The molecule has 2 aromatic rings. The normalized spacial score (nSPS) is 11.7. The summed E-state index contributed by atoms with van der Waals surface area (Å²) >= 11 is 11.4. The summed E-state index contributed by atoms with van der Waals surface area (Å²) < 4.78 is 37.5. The van der Waals surface area contributed by atoms with Crippen molar-refractivity contribution in [1.29, 1.82) is 0 Å². The number of carbonyl (C=O) groups is 1. The highest BCUT2D eigenvalue weighted by atomic mass is 35.5. The van der Waals surface area contributed by atoms with Gasteiger partial charge < -0.3 is 5.32 Å². The highest BCUT2D eigenvalue weighted by molar-refractivity contribution is 6.33. The monoisotopic (exact) mass is 360 g/mol. The van der Waals surface area contributed by atoms with Crippen LogP contribution in [0.4, 0.5) is 19.0 Å². The van der Waals surface area contributed by atoms with Crippen molar-refractivity contribution in [3.63, 3.8) is 0 Å². The van der Waals surface area contributed by atoms with Gasteiger partial charge in [0, 0.05) is 17.3 Å². The second-order valence-electron chi connectivity index (χ2n) is 4.43. The van der Waals surface area contributed by atoms with Gasteiger partial charge in [0.25, 0.3) is 0 Å². The molecular formula is C15H9Cl2F3N2O. The van der Waals surface area contributed by atoms with Gasteiger partial charge in [-0.05, 0) is 29.8 Å². The zero-order valence-corrected chi connectivity index (χ0v) is 12.9. The summed E-state index contributed by atoms with van der Waals surface area (Å²) in [5.74, 6) is -0.723. The molecule has 0 saturated carbocycles. The first-order chi connectivity index (χ1) is 10.8. The minimum atomic E-state index is -4.55. The molecule has 0 fully saturated rings. The molecule has 1 aromatic heterocycles. The van der Waals surface area contributed by atoms with Crippen molar-refractivity contribution >= 4 is 41.0 Å². The van der Waals surface area contributed by atoms with Crippen molar-refractivity contribution in [1.82, 2.24) is 4.98 Å². The van der Waals surface area contributed by atoms with E-state index < -0.39 is 17.6 Å². The number of amides is 1. The zero-order chi connectivity index (χ0) is 17.0. The van der Waals surface area contributed by atoms with Gasteiger partial charge in [-0.1, -0.05) is 35.3 Å². The fourth-order valence-electron chi connectivity index (χ4n) is 1.59. The Morgan fingerprint density at radius 1 is 1.17 bits per heavy atom. The average molecular weight is 361 g/mol. The van der Waals surface area contributed by atoms with E-state index >= 15 is 0 Å². The predicted molar refractivity (Wildman–Crippen MR) is 83.4 cm³/mol. The lowest BCUT2D eigenvalue weighted by Crippen LogP contribution is -2.11. The van der Waals surface area contributed by atoms with Crippen LogP contribution in [0.15, 0.2) is 42.6 Å². The quantitative estimate of drug-likeness (QED) is 0.777. The summed E-state index contributed by atoms with van der Waals surface area (Å²) in [6.07, 6.45) is -1.22. The lowest BCUT2D eigenvalue weighted by atomic mass is 10.2. The van der Waals surface area contributed by atoms with E-state index in [0.29, 0.717) is 17.3 Å². The third-order valence-corrected chi connectivity index (χ3v) is 3.25. The molecule has 2 rings (SSSR count). The highest BCUT2D eigenvalue weighted by Gasteiger charge is 2.31. The van der Waals surface area contributed by atoms with Crippen molar-refractivity contribution in [3.05, 3.63) is 63.8 Å². The predicted octanol–water partition coefficient (Wildman–Crippen LogP) is 5.06. The maximum Gasteiger partial charge on any atom is 0.417 e. The number of halogens is 5. The van der Waals surface area contributed by atoms with E-state index in [1.54, 1.807) is 24.3 Å². The van der Waals surface area contributed by atoms with Crippen LogP contribution >= 0.6 is 23.2 Å². The molecule has 1 heterocycles. The van der Waals surface area contributed by atoms with Crippen LogP contribution < -0.4 is 5.32 Å². The van der Waals surface area contributed by atoms with Crippen LogP contribution in [0.25, 0.3) is 6.08 Å². The molecule has 0 aliphatic carbocycles. The minimum absolute atomic E-state index is 0.148. The van der Waals surface area contributed by atoms with Crippen molar-refractivity contribution in [2.24, 2.45) is 0 Å². The standard InChI is InChI=1S/C15H9Cl2F3N2O/c16-11-4-1-9(2-5-11)3-6-13(23)22-14-12(17)7-10(8-21-14)15(18,19)20/h1-8H,(H,21,22,23)/b6-3+. The molecule has 0 atom stereocenters. The number of carbonyl (C=O) groups excluding carboxylic acids is 1. The molecule has 8 heteroatoms. The molecule has 0 radical (unpaired) electrons. The van der Waals surface area contributed by atoms with E-state index in [0.717, 1.165) is 5.56 Å². The number of pyridine rings is 1. The summed E-state index contributed by atoms with van der Waals surface area (Å²) in [4.78, 5) is 15.3. The molecule has 1 amide bonds. The van der Waals surface area contributed by atoms with Gasteiger partial charge in [0.1, 0.15) is 0 Å². The van der Waals surface area contributed by atoms with Crippen LogP contribution in [0, 0.1) is 0 Å². The van der Waals surface area contributed by atoms with Crippen molar-refractivity contribution < 1.29 is 18.0 Å². The van der Waals surface area contributed by atoms with E-state index in [-0.39, 0.29) is 10.8 Å². The van der Waals surface area contributed by atoms with Crippen molar-refractivity contribution in [2.45, 2.75) is 6.18 Å². The van der Waals surface area contributed by atoms with Crippen LogP contribution in [-0.2, 0) is 11.0 Å². The molecule has 0 bridgehead atoms. The lowest BCUT2D eigenvalue weighted by Gasteiger charge is -2.09. The van der Waals surface area contributed by atoms with Gasteiger partial charge >= 0.3 is 6.18 Å². The second-order valence-corrected chi connectivity index (χ2v) is 5.27. The number of aromatic nitrogens is 1. The Bertz CT molecular complexity index is 743. The molecule has 1 aromatic carbocycles. The first-order valence-electron chi connectivity index (χ1n) is 6.23. The second kappa shape index (κ2) is 7.02. The number of nitrogens with one attached hydrogen (secondary N) is 1. The number of benzene rings is 1. The van der Waals surface area contributed by atoms with Crippen molar-refractivity contribution in [2.75, 3.05) is 5.32 Å². The maximum atomic E-state index is 12.5. The van der Waals surface area contributed by atoms with Crippen molar-refractivity contribution in [3.8, 4) is 0 Å². The number of hydrogen-bond donors (Lipinski definition) is 1. The zero-order valence-electron chi connectivity index (χ0n) is 11.4. The number of hydrogen-bond acceptors (Lipinski definition) is 2. The summed E-state index contributed by atoms with van der Waals surface area (Å²) in [7, 11) is 0. The third-order valence-electron chi connectivity index (χ3n) is 2.71. The molecule has 1 N–H and O–H groups in total. The van der Waals surface area contributed by atoms with E-state index in [2.05, 4.69) is 10.3 Å². The molecule has 0 unspecified atom stereocenters. The Hall–Kier alpha value is -2.05. The first-order valence-corrected chi connectivity index (χ1v) is 6.98. The Balaban J connectivity index is 2.07. The van der Waals surface area contributed by atoms with Gasteiger partial charge in [0.15, 0.2) is 5.82 Å². The molecule has 0 saturated heterocycles. The third kappa shape index (κ3) is 4.97. The topological polar surface area (TPSA) is 42.0 Å². The van der Waals surface area contributed by atoms with E-state index in [4.69, 9.17) is 23.2 Å². The maximum absolute atomic E-state index is 12.5. The Kier molecular flexibility index (Phi) is 5.28. The minimum Gasteiger partial charge on any atom is -0.306 e. The summed E-state index contributed by atoms with van der Waals surface area (Å²) in [5, 5.41) is 2.57. The fraction of sp³-hybridized carbons (Fsp3) is 0.0667. The van der Waals surface area contributed by atoms with E-state index in [1.165, 1.54) is 12.2 Å². The molecule has 3 nitrogen and oxygen atoms in total. The van der Waals surface area contributed by atoms with Gasteiger partial charge in [0.05, 0.1) is 10.6 Å². The van der Waals surface area contributed by atoms with Crippen LogP contribution in [0.5, 0.6) is 0 Å². The lowest BCUT2D eigenvalue weighted by molar-refractivity contribution is -0.137. The SMILES string of the molecule is O=C(/C=C/c1ccc(Cl)cc1)Nc1ncc(C(F)(F)F)cc1Cl. The van der Waals surface area contributed by atoms with Gasteiger partial charge in [-0.15, -0.1) is 0 Å². The Morgan fingerprint density at radius 2 is 1.83 bits per heavy atom. The molecule has 120 valence electrons. The van der Waals surface area contributed by atoms with Crippen LogP contribution in [0.1, 0.15) is 11.1 Å². The summed E-state index contributed by atoms with van der Waals surface area (Å²) in [6, 6.07) is 7.43. The van der Waals surface area contributed by atoms with Crippen LogP contribution in [0.2, 0.25) is 10.0 Å². The van der Waals surface area contributed by atoms with Crippen LogP contribution in [-0.4, -0.2) is 10.9 Å². The van der Waals surface area contributed by atoms with Gasteiger partial charge in [0.2, 0.25) is 5.91 Å². The number of rotatable bonds is 3. The average Bonchev–Trinajstić information content (AvgIpc) is 2.48.